The average Bonchev–Trinajstić information content (AvgIpc) is 2.56. The maximum Gasteiger partial charge on any atom is 0.254 e. The molecule has 2 aromatic rings. The Morgan fingerprint density at radius 1 is 1.46 bits per heavy atom. The van der Waals surface area contributed by atoms with Gasteiger partial charge in [-0.2, -0.15) is 0 Å². The minimum absolute atomic E-state index is 0.152. The molecule has 0 bridgehead atoms. The number of hydrogen-bond donors (Lipinski definition) is 2. The first kappa shape index (κ1) is 16.3. The number of ether oxygens (including phenoxy) is 1. The quantitative estimate of drug-likeness (QED) is 0.881. The molecule has 0 aromatic carbocycles. The zero-order valence-corrected chi connectivity index (χ0v) is 13.5. The van der Waals surface area contributed by atoms with Gasteiger partial charge in [0.2, 0.25) is 0 Å². The van der Waals surface area contributed by atoms with Gasteiger partial charge in [0, 0.05) is 37.1 Å². The predicted octanol–water partition coefficient (Wildman–Crippen LogP) is 1.81. The molecule has 1 saturated heterocycles. The summed E-state index contributed by atoms with van der Waals surface area (Å²) < 4.78 is 5.87. The van der Waals surface area contributed by atoms with Gasteiger partial charge in [-0.3, -0.25) is 19.6 Å². The highest BCUT2D eigenvalue weighted by Gasteiger charge is 2.26. The standard InChI is InChI=1S/C16H16ClN3O4/c17-12-8-18-4-3-13(12)24-11-2-1-5-20(9-11)16(23)10-6-14(21)19-15(22)7-10/h3-4,6-8,11H,1-2,5,9H2,(H2,19,21,22). The van der Waals surface area contributed by atoms with Crippen LogP contribution >= 0.6 is 11.6 Å². The number of pyridine rings is 2. The van der Waals surface area contributed by atoms with Crippen LogP contribution in [0.25, 0.3) is 0 Å². The number of nitrogens with zero attached hydrogens (tertiary/aromatic N) is 2. The number of nitrogens with one attached hydrogen (secondary N) is 1. The van der Waals surface area contributed by atoms with Crippen LogP contribution in [0.3, 0.4) is 0 Å². The molecule has 126 valence electrons. The zero-order valence-electron chi connectivity index (χ0n) is 12.7. The van der Waals surface area contributed by atoms with Crippen molar-refractivity contribution in [3.05, 3.63) is 51.5 Å². The smallest absolute Gasteiger partial charge is 0.254 e. The summed E-state index contributed by atoms with van der Waals surface area (Å²) in [4.78, 5) is 31.7. The van der Waals surface area contributed by atoms with E-state index in [1.54, 1.807) is 17.2 Å². The van der Waals surface area contributed by atoms with Crippen LogP contribution in [0, 0.1) is 0 Å². The maximum atomic E-state index is 12.5. The molecule has 1 fully saturated rings. The van der Waals surface area contributed by atoms with Gasteiger partial charge in [-0.15, -0.1) is 0 Å². The molecule has 3 rings (SSSR count). The molecule has 24 heavy (non-hydrogen) atoms. The summed E-state index contributed by atoms with van der Waals surface area (Å²) in [6.45, 7) is 0.946. The molecular formula is C16H16ClN3O4. The van der Waals surface area contributed by atoms with Crippen LogP contribution in [-0.4, -0.2) is 45.1 Å². The number of hydrogen-bond acceptors (Lipinski definition) is 5. The van der Waals surface area contributed by atoms with E-state index in [-0.39, 0.29) is 23.5 Å². The first-order valence-electron chi connectivity index (χ1n) is 7.52. The van der Waals surface area contributed by atoms with Crippen molar-refractivity contribution in [2.45, 2.75) is 18.9 Å². The van der Waals surface area contributed by atoms with Gasteiger partial charge in [-0.1, -0.05) is 11.6 Å². The third-order valence-corrected chi connectivity index (χ3v) is 4.06. The summed E-state index contributed by atoms with van der Waals surface area (Å²) in [5, 5.41) is 9.86. The predicted molar refractivity (Wildman–Crippen MR) is 87.5 cm³/mol. The van der Waals surface area contributed by atoms with Crippen LogP contribution in [-0.2, 0) is 0 Å². The van der Waals surface area contributed by atoms with Crippen molar-refractivity contribution in [3.63, 3.8) is 0 Å². The Kier molecular flexibility index (Phi) is 4.71. The molecular weight excluding hydrogens is 334 g/mol. The summed E-state index contributed by atoms with van der Waals surface area (Å²) in [7, 11) is 0. The average molecular weight is 350 g/mol. The number of aromatic nitrogens is 2. The van der Waals surface area contributed by atoms with E-state index in [0.717, 1.165) is 12.8 Å². The van der Waals surface area contributed by atoms with E-state index in [1.807, 2.05) is 0 Å². The minimum Gasteiger partial charge on any atom is -0.494 e. The van der Waals surface area contributed by atoms with E-state index < -0.39 is 5.56 Å². The van der Waals surface area contributed by atoms with Gasteiger partial charge < -0.3 is 14.7 Å². The van der Waals surface area contributed by atoms with Gasteiger partial charge in [-0.05, 0) is 12.8 Å². The number of aromatic hydroxyl groups is 1. The monoisotopic (exact) mass is 349 g/mol. The summed E-state index contributed by atoms with van der Waals surface area (Å²) in [6, 6.07) is 4.10. The van der Waals surface area contributed by atoms with E-state index in [2.05, 4.69) is 9.97 Å². The molecule has 3 heterocycles. The third-order valence-electron chi connectivity index (χ3n) is 3.77. The molecule has 0 radical (unpaired) electrons. The van der Waals surface area contributed by atoms with Crippen molar-refractivity contribution in [1.82, 2.24) is 14.9 Å². The van der Waals surface area contributed by atoms with Crippen LogP contribution in [0.15, 0.2) is 35.4 Å². The van der Waals surface area contributed by atoms with Crippen LogP contribution in [0.5, 0.6) is 11.6 Å². The summed E-state index contributed by atoms with van der Waals surface area (Å²) in [5.74, 6) is -0.121. The Labute approximate surface area is 142 Å². The Bertz CT molecular complexity index is 808. The molecule has 0 saturated carbocycles. The molecule has 1 aliphatic rings. The van der Waals surface area contributed by atoms with Gasteiger partial charge in [-0.25, -0.2) is 0 Å². The number of carbonyl (C=O) groups excluding carboxylic acids is 1. The van der Waals surface area contributed by atoms with E-state index in [9.17, 15) is 14.7 Å². The molecule has 1 aliphatic heterocycles. The lowest BCUT2D eigenvalue weighted by atomic mass is 10.1. The second kappa shape index (κ2) is 6.92. The Morgan fingerprint density at radius 2 is 2.29 bits per heavy atom. The van der Waals surface area contributed by atoms with Crippen molar-refractivity contribution in [3.8, 4) is 11.6 Å². The Balaban J connectivity index is 1.72. The largest absolute Gasteiger partial charge is 0.494 e. The first-order chi connectivity index (χ1) is 11.5. The number of amides is 1. The molecule has 2 aromatic heterocycles. The fraction of sp³-hybridized carbons (Fsp3) is 0.312. The van der Waals surface area contributed by atoms with Gasteiger partial charge in [0.1, 0.15) is 16.9 Å². The van der Waals surface area contributed by atoms with Gasteiger partial charge >= 0.3 is 0 Å². The van der Waals surface area contributed by atoms with Gasteiger partial charge in [0.15, 0.2) is 5.88 Å². The number of halogens is 1. The number of piperidine rings is 1. The third kappa shape index (κ3) is 3.68. The van der Waals surface area contributed by atoms with E-state index in [0.29, 0.717) is 23.9 Å². The SMILES string of the molecule is O=C(c1cc(O)[nH]c(=O)c1)N1CCCC(Oc2ccncc2Cl)C1. The highest BCUT2D eigenvalue weighted by Crippen LogP contribution is 2.26. The number of rotatable bonds is 3. The lowest BCUT2D eigenvalue weighted by Gasteiger charge is -2.33. The van der Waals surface area contributed by atoms with E-state index in [4.69, 9.17) is 16.3 Å². The lowest BCUT2D eigenvalue weighted by molar-refractivity contribution is 0.0537. The van der Waals surface area contributed by atoms with Crippen LogP contribution in [0.4, 0.5) is 0 Å². The molecule has 7 nitrogen and oxygen atoms in total. The van der Waals surface area contributed by atoms with Crippen molar-refractivity contribution in [2.75, 3.05) is 13.1 Å². The first-order valence-corrected chi connectivity index (χ1v) is 7.89. The summed E-state index contributed by atoms with van der Waals surface area (Å²) in [6.07, 6.45) is 4.46. The molecule has 1 amide bonds. The molecule has 1 unspecified atom stereocenters. The fourth-order valence-electron chi connectivity index (χ4n) is 2.69. The van der Waals surface area contributed by atoms with Crippen molar-refractivity contribution < 1.29 is 14.6 Å². The number of H-pyrrole nitrogens is 1. The van der Waals surface area contributed by atoms with Crippen LogP contribution < -0.4 is 10.3 Å². The summed E-state index contributed by atoms with van der Waals surface area (Å²) >= 11 is 6.04. The van der Waals surface area contributed by atoms with E-state index >= 15 is 0 Å². The van der Waals surface area contributed by atoms with Gasteiger partial charge in [0.05, 0.1) is 12.1 Å². The number of aromatic amines is 1. The second-order valence-corrected chi connectivity index (χ2v) is 5.97. The minimum atomic E-state index is -0.522. The van der Waals surface area contributed by atoms with Crippen molar-refractivity contribution in [2.24, 2.45) is 0 Å². The van der Waals surface area contributed by atoms with Crippen LogP contribution in [0.1, 0.15) is 23.2 Å². The lowest BCUT2D eigenvalue weighted by Crippen LogP contribution is -2.44. The number of likely N-dealkylation sites (tertiary alicyclic amines) is 1. The fourth-order valence-corrected chi connectivity index (χ4v) is 2.85. The number of carbonyl (C=O) groups is 1. The van der Waals surface area contributed by atoms with Crippen molar-refractivity contribution >= 4 is 17.5 Å². The Hall–Kier alpha value is -2.54. The normalized spacial score (nSPS) is 17.5. The highest BCUT2D eigenvalue weighted by atomic mass is 35.5. The highest BCUT2D eigenvalue weighted by molar-refractivity contribution is 6.31. The van der Waals surface area contributed by atoms with Gasteiger partial charge in [0.25, 0.3) is 11.5 Å². The molecule has 0 spiro atoms. The zero-order chi connectivity index (χ0) is 17.1. The molecule has 1 atom stereocenters. The molecule has 2 N–H and O–H groups in total. The Morgan fingerprint density at radius 3 is 3.04 bits per heavy atom. The second-order valence-electron chi connectivity index (χ2n) is 5.56. The molecule has 0 aliphatic carbocycles. The topological polar surface area (TPSA) is 95.5 Å². The van der Waals surface area contributed by atoms with Crippen LogP contribution in [0.2, 0.25) is 5.02 Å². The summed E-state index contributed by atoms with van der Waals surface area (Å²) in [5.41, 5.74) is -0.370. The maximum absolute atomic E-state index is 12.5. The van der Waals surface area contributed by atoms with Crippen molar-refractivity contribution in [1.29, 1.82) is 0 Å². The van der Waals surface area contributed by atoms with E-state index in [1.165, 1.54) is 18.3 Å². The molecule has 8 heteroatoms.